The molecule has 0 saturated carbocycles. The van der Waals surface area contributed by atoms with Gasteiger partial charge in [0.05, 0.1) is 15.8 Å². The number of carbonyl (C=O) groups excluding carboxylic acids is 1. The van der Waals surface area contributed by atoms with Gasteiger partial charge in [0.2, 0.25) is 0 Å². The lowest BCUT2D eigenvalue weighted by molar-refractivity contribution is 0.234. The van der Waals surface area contributed by atoms with Crippen LogP contribution in [0.5, 0.6) is 0 Å². The van der Waals surface area contributed by atoms with E-state index in [0.29, 0.717) is 16.3 Å². The van der Waals surface area contributed by atoms with Crippen molar-refractivity contribution in [1.82, 2.24) is 9.03 Å². The van der Waals surface area contributed by atoms with Crippen LogP contribution in [0.3, 0.4) is 0 Å². The van der Waals surface area contributed by atoms with Crippen molar-refractivity contribution >= 4 is 39.6 Å². The number of urea groups is 1. The molecule has 21 heavy (non-hydrogen) atoms. The Labute approximate surface area is 132 Å². The zero-order valence-corrected chi connectivity index (χ0v) is 13.3. The Hall–Kier alpha value is -1.44. The second-order valence-electron chi connectivity index (χ2n) is 4.17. The fraction of sp³-hybridized carbons (Fsp3) is 0.154. The van der Waals surface area contributed by atoms with E-state index in [4.69, 9.17) is 11.6 Å². The van der Waals surface area contributed by atoms with Crippen LogP contribution in [0.1, 0.15) is 5.56 Å². The standard InChI is InChI=1S/C13H13ClN2O3S2/c1-2-5-10-6-3-4-7-11(10)21(18,19)15-13(17)16-9-8-12(14)20-16/h2-4,6-8H,1,5,9H2,(H,15,17). The summed E-state index contributed by atoms with van der Waals surface area (Å²) in [4.78, 5) is 12.0. The molecule has 1 aromatic carbocycles. The summed E-state index contributed by atoms with van der Waals surface area (Å²) in [7, 11) is -3.94. The quantitative estimate of drug-likeness (QED) is 0.673. The van der Waals surface area contributed by atoms with Gasteiger partial charge in [0.15, 0.2) is 0 Å². The van der Waals surface area contributed by atoms with E-state index in [2.05, 4.69) is 6.58 Å². The Bertz CT molecular complexity index is 701. The highest BCUT2D eigenvalue weighted by Gasteiger charge is 2.26. The SMILES string of the molecule is C=CCc1ccccc1S(=O)(=O)NC(=O)N1CC=C(Cl)S1. The molecule has 8 heteroatoms. The number of nitrogens with zero attached hydrogens (tertiary/aromatic N) is 1. The van der Waals surface area contributed by atoms with Crippen molar-refractivity contribution in [3.05, 3.63) is 52.9 Å². The lowest BCUT2D eigenvalue weighted by Gasteiger charge is -2.16. The molecule has 0 saturated heterocycles. The molecule has 0 aromatic heterocycles. The summed E-state index contributed by atoms with van der Waals surface area (Å²) in [5.41, 5.74) is 0.582. The van der Waals surface area contributed by atoms with Crippen molar-refractivity contribution in [2.75, 3.05) is 6.54 Å². The number of carbonyl (C=O) groups is 1. The lowest BCUT2D eigenvalue weighted by Crippen LogP contribution is -2.38. The van der Waals surface area contributed by atoms with E-state index in [-0.39, 0.29) is 11.4 Å². The van der Waals surface area contributed by atoms with E-state index >= 15 is 0 Å². The fourth-order valence-corrected chi connectivity index (χ4v) is 3.99. The van der Waals surface area contributed by atoms with Crippen LogP contribution in [-0.2, 0) is 16.4 Å². The number of benzene rings is 1. The zero-order chi connectivity index (χ0) is 15.5. The van der Waals surface area contributed by atoms with Gasteiger partial charge in [0, 0.05) is 11.9 Å². The van der Waals surface area contributed by atoms with E-state index in [1.807, 2.05) is 4.72 Å². The van der Waals surface area contributed by atoms with Crippen molar-refractivity contribution < 1.29 is 13.2 Å². The first-order valence-electron chi connectivity index (χ1n) is 6.01. The molecule has 1 heterocycles. The number of hydrogen-bond acceptors (Lipinski definition) is 4. The first kappa shape index (κ1) is 15.9. The summed E-state index contributed by atoms with van der Waals surface area (Å²) < 4.78 is 28.4. The largest absolute Gasteiger partial charge is 0.341 e. The minimum atomic E-state index is -3.94. The third-order valence-electron chi connectivity index (χ3n) is 2.69. The molecule has 1 N–H and O–H groups in total. The highest BCUT2D eigenvalue weighted by Crippen LogP contribution is 2.30. The monoisotopic (exact) mass is 344 g/mol. The number of allylic oxidation sites excluding steroid dienone is 1. The molecule has 0 aliphatic carbocycles. The third-order valence-corrected chi connectivity index (χ3v) is 5.35. The van der Waals surface area contributed by atoms with Gasteiger partial charge in [-0.15, -0.1) is 6.58 Å². The van der Waals surface area contributed by atoms with E-state index < -0.39 is 16.1 Å². The summed E-state index contributed by atoms with van der Waals surface area (Å²) >= 11 is 6.74. The maximum atomic E-state index is 12.3. The Morgan fingerprint density at radius 2 is 2.19 bits per heavy atom. The molecule has 0 radical (unpaired) electrons. The van der Waals surface area contributed by atoms with Crippen molar-refractivity contribution in [2.45, 2.75) is 11.3 Å². The number of halogens is 1. The molecule has 2 rings (SSSR count). The van der Waals surface area contributed by atoms with E-state index in [1.54, 1.807) is 30.4 Å². The van der Waals surface area contributed by atoms with E-state index in [1.165, 1.54) is 10.4 Å². The first-order chi connectivity index (χ1) is 9.94. The van der Waals surface area contributed by atoms with E-state index in [9.17, 15) is 13.2 Å². The molecule has 5 nitrogen and oxygen atoms in total. The Morgan fingerprint density at radius 1 is 1.48 bits per heavy atom. The Kier molecular flexibility index (Phi) is 4.97. The van der Waals surface area contributed by atoms with Crippen LogP contribution in [0.2, 0.25) is 0 Å². The second-order valence-corrected chi connectivity index (χ2v) is 7.52. The Morgan fingerprint density at radius 3 is 2.81 bits per heavy atom. The van der Waals surface area contributed by atoms with Crippen LogP contribution in [-0.4, -0.2) is 25.3 Å². The van der Waals surface area contributed by atoms with Gasteiger partial charge in [-0.05, 0) is 24.1 Å². The first-order valence-corrected chi connectivity index (χ1v) is 8.64. The summed E-state index contributed by atoms with van der Waals surface area (Å²) in [6, 6.07) is 5.76. The van der Waals surface area contributed by atoms with Crippen LogP contribution < -0.4 is 4.72 Å². The van der Waals surface area contributed by atoms with Gasteiger partial charge in [-0.3, -0.25) is 4.31 Å². The highest BCUT2D eigenvalue weighted by molar-refractivity contribution is 8.03. The van der Waals surface area contributed by atoms with Crippen LogP contribution in [0.15, 0.2) is 52.3 Å². The normalized spacial score (nSPS) is 14.7. The van der Waals surface area contributed by atoms with Crippen LogP contribution in [0, 0.1) is 0 Å². The zero-order valence-electron chi connectivity index (χ0n) is 11.0. The van der Waals surface area contributed by atoms with Crippen molar-refractivity contribution in [2.24, 2.45) is 0 Å². The average Bonchev–Trinajstić information content (AvgIpc) is 2.86. The molecule has 0 bridgehead atoms. The molecule has 1 aliphatic rings. The maximum absolute atomic E-state index is 12.3. The highest BCUT2D eigenvalue weighted by atomic mass is 35.5. The molecule has 0 spiro atoms. The minimum absolute atomic E-state index is 0.0708. The number of hydrogen-bond donors (Lipinski definition) is 1. The van der Waals surface area contributed by atoms with Gasteiger partial charge in [-0.25, -0.2) is 17.9 Å². The van der Waals surface area contributed by atoms with Crippen LogP contribution >= 0.6 is 23.5 Å². The average molecular weight is 345 g/mol. The van der Waals surface area contributed by atoms with Crippen molar-refractivity contribution in [3.8, 4) is 0 Å². The lowest BCUT2D eigenvalue weighted by atomic mass is 10.1. The summed E-state index contributed by atoms with van der Waals surface area (Å²) in [5, 5.41) is 0. The van der Waals surface area contributed by atoms with Gasteiger partial charge in [0.25, 0.3) is 10.0 Å². The molecule has 1 aliphatic heterocycles. The molecule has 2 amide bonds. The predicted molar refractivity (Wildman–Crippen MR) is 84.3 cm³/mol. The molecule has 0 unspecified atom stereocenters. The minimum Gasteiger partial charge on any atom is -0.258 e. The van der Waals surface area contributed by atoms with Crippen molar-refractivity contribution in [1.29, 1.82) is 0 Å². The van der Waals surface area contributed by atoms with E-state index in [0.717, 1.165) is 11.9 Å². The van der Waals surface area contributed by atoms with Crippen molar-refractivity contribution in [3.63, 3.8) is 0 Å². The number of rotatable bonds is 4. The molecular weight excluding hydrogens is 332 g/mol. The van der Waals surface area contributed by atoms with Gasteiger partial charge in [-0.2, -0.15) is 0 Å². The molecule has 0 fully saturated rings. The summed E-state index contributed by atoms with van der Waals surface area (Å²) in [6.45, 7) is 3.86. The van der Waals surface area contributed by atoms with Gasteiger partial charge >= 0.3 is 6.03 Å². The predicted octanol–water partition coefficient (Wildman–Crippen LogP) is 2.86. The number of amides is 2. The fourth-order valence-electron chi connectivity index (χ4n) is 1.77. The smallest absolute Gasteiger partial charge is 0.258 e. The van der Waals surface area contributed by atoms with Gasteiger partial charge in [0.1, 0.15) is 0 Å². The molecule has 1 aromatic rings. The maximum Gasteiger partial charge on any atom is 0.341 e. The van der Waals surface area contributed by atoms with Crippen LogP contribution in [0.25, 0.3) is 0 Å². The summed E-state index contributed by atoms with van der Waals surface area (Å²) in [5.74, 6) is 0. The van der Waals surface area contributed by atoms with Crippen LogP contribution in [0.4, 0.5) is 4.79 Å². The molecule has 112 valence electrons. The third kappa shape index (κ3) is 3.81. The molecule has 0 atom stereocenters. The molecular formula is C13H13ClN2O3S2. The second kappa shape index (κ2) is 6.55. The Balaban J connectivity index is 2.19. The van der Waals surface area contributed by atoms with Gasteiger partial charge < -0.3 is 0 Å². The summed E-state index contributed by atoms with van der Waals surface area (Å²) in [6.07, 6.45) is 3.64. The number of sulfonamides is 1. The topological polar surface area (TPSA) is 66.5 Å². The van der Waals surface area contributed by atoms with Gasteiger partial charge in [-0.1, -0.05) is 35.9 Å². The number of nitrogens with one attached hydrogen (secondary N) is 1.